The van der Waals surface area contributed by atoms with E-state index in [0.717, 1.165) is 0 Å². The van der Waals surface area contributed by atoms with E-state index in [-0.39, 0.29) is 0 Å². The summed E-state index contributed by atoms with van der Waals surface area (Å²) in [6.07, 6.45) is -3.38. The van der Waals surface area contributed by atoms with Crippen LogP contribution in [0.5, 0.6) is 0 Å². The van der Waals surface area contributed by atoms with E-state index in [0.29, 0.717) is 0 Å². The van der Waals surface area contributed by atoms with Gasteiger partial charge in [-0.25, -0.2) is 0 Å². The number of aliphatic hydroxyl groups is 4. The topological polar surface area (TPSA) is 90.2 Å². The molecule has 11 heavy (non-hydrogen) atoms. The lowest BCUT2D eigenvalue weighted by molar-refractivity contribution is -0.118. The largest absolute Gasteiger partial charge is 0.504 e. The number of aliphatic hydroxyl groups excluding tert-OH is 4. The molecular weight excluding hydrogens is 152 g/mol. The van der Waals surface area contributed by atoms with E-state index in [2.05, 4.69) is 4.74 Å². The molecule has 4 N–H and O–H groups in total. The Bertz CT molecular complexity index is 187. The van der Waals surface area contributed by atoms with Crippen molar-refractivity contribution < 1.29 is 25.2 Å². The minimum absolute atomic E-state index is 0.721. The summed E-state index contributed by atoms with van der Waals surface area (Å²) in [5, 5.41) is 35.6. The van der Waals surface area contributed by atoms with Crippen molar-refractivity contribution in [2.45, 2.75) is 25.2 Å². The van der Waals surface area contributed by atoms with Gasteiger partial charge in [0.1, 0.15) is 18.3 Å². The molecule has 0 aliphatic carbocycles. The molecule has 3 atom stereocenters. The molecule has 1 aliphatic heterocycles. The van der Waals surface area contributed by atoms with Crippen LogP contribution < -0.4 is 0 Å². The highest BCUT2D eigenvalue weighted by Crippen LogP contribution is 2.20. The third-order valence-electron chi connectivity index (χ3n) is 1.60. The van der Waals surface area contributed by atoms with Gasteiger partial charge in [0.2, 0.25) is 5.76 Å². The third-order valence-corrected chi connectivity index (χ3v) is 1.60. The van der Waals surface area contributed by atoms with Crippen LogP contribution >= 0.6 is 0 Å². The van der Waals surface area contributed by atoms with Crippen molar-refractivity contribution in [3.63, 3.8) is 0 Å². The van der Waals surface area contributed by atoms with Gasteiger partial charge in [-0.05, 0) is 6.92 Å². The van der Waals surface area contributed by atoms with Crippen LogP contribution in [0.1, 0.15) is 6.92 Å². The smallest absolute Gasteiger partial charge is 0.319 e. The van der Waals surface area contributed by atoms with Crippen LogP contribution in [-0.2, 0) is 4.74 Å². The third kappa shape index (κ3) is 1.24. The average Bonchev–Trinajstić information content (AvgIpc) is 1.97. The van der Waals surface area contributed by atoms with Gasteiger partial charge in [-0.1, -0.05) is 0 Å². The second-order valence-corrected chi connectivity index (χ2v) is 2.45. The van der Waals surface area contributed by atoms with E-state index >= 15 is 0 Å². The molecule has 64 valence electrons. The number of hydrogen-bond donors (Lipinski definition) is 4. The first-order valence-electron chi connectivity index (χ1n) is 3.19. The van der Waals surface area contributed by atoms with Crippen molar-refractivity contribution in [2.75, 3.05) is 0 Å². The SMILES string of the molecule is C[C@H]1OC(O)=C(O)[C@@H](O)[C@@H]1O. The molecule has 0 aromatic heterocycles. The van der Waals surface area contributed by atoms with Crippen LogP contribution in [0.2, 0.25) is 0 Å². The maximum absolute atomic E-state index is 9.05. The average molecular weight is 162 g/mol. The molecule has 0 aromatic carbocycles. The molecule has 0 saturated carbocycles. The van der Waals surface area contributed by atoms with Gasteiger partial charge in [-0.2, -0.15) is 0 Å². The Kier molecular flexibility index (Phi) is 1.92. The highest BCUT2D eigenvalue weighted by molar-refractivity contribution is 5.06. The molecule has 0 radical (unpaired) electrons. The fourth-order valence-electron chi connectivity index (χ4n) is 0.851. The molecule has 0 amide bonds. The van der Waals surface area contributed by atoms with E-state index in [1.807, 2.05) is 0 Å². The normalized spacial score (nSPS) is 38.6. The lowest BCUT2D eigenvalue weighted by Crippen LogP contribution is -2.42. The van der Waals surface area contributed by atoms with Crippen molar-refractivity contribution in [3.8, 4) is 0 Å². The summed E-state index contributed by atoms with van der Waals surface area (Å²) in [5.41, 5.74) is 0. The van der Waals surface area contributed by atoms with Gasteiger partial charge in [0.15, 0.2) is 0 Å². The number of hydrogen-bond acceptors (Lipinski definition) is 5. The van der Waals surface area contributed by atoms with Crippen LogP contribution in [0.3, 0.4) is 0 Å². The Morgan fingerprint density at radius 1 is 1.27 bits per heavy atom. The van der Waals surface area contributed by atoms with E-state index in [9.17, 15) is 0 Å². The molecule has 0 bridgehead atoms. The second kappa shape index (κ2) is 2.60. The molecule has 0 fully saturated rings. The van der Waals surface area contributed by atoms with Gasteiger partial charge >= 0.3 is 5.95 Å². The van der Waals surface area contributed by atoms with Gasteiger partial charge in [0, 0.05) is 0 Å². The minimum Gasteiger partial charge on any atom is -0.504 e. The Balaban J connectivity index is 2.86. The summed E-state index contributed by atoms with van der Waals surface area (Å²) < 4.78 is 4.56. The van der Waals surface area contributed by atoms with Crippen molar-refractivity contribution in [2.24, 2.45) is 0 Å². The molecule has 5 heteroatoms. The number of rotatable bonds is 0. The van der Waals surface area contributed by atoms with Crippen LogP contribution in [0.4, 0.5) is 0 Å². The summed E-state index contributed by atoms with van der Waals surface area (Å²) in [4.78, 5) is 0. The van der Waals surface area contributed by atoms with Crippen LogP contribution in [0, 0.1) is 0 Å². The van der Waals surface area contributed by atoms with E-state index in [1.54, 1.807) is 0 Å². The molecule has 1 heterocycles. The highest BCUT2D eigenvalue weighted by Gasteiger charge is 2.35. The molecule has 0 saturated heterocycles. The van der Waals surface area contributed by atoms with E-state index in [4.69, 9.17) is 20.4 Å². The Hall–Kier alpha value is -0.940. The fraction of sp³-hybridized carbons (Fsp3) is 0.667. The molecule has 0 unspecified atom stereocenters. The molecule has 5 nitrogen and oxygen atoms in total. The lowest BCUT2D eigenvalue weighted by Gasteiger charge is -2.28. The molecular formula is C6H10O5. The van der Waals surface area contributed by atoms with Gasteiger partial charge in [-0.15, -0.1) is 0 Å². The zero-order valence-corrected chi connectivity index (χ0v) is 5.93. The fourth-order valence-corrected chi connectivity index (χ4v) is 0.851. The zero-order chi connectivity index (χ0) is 8.59. The maximum atomic E-state index is 9.05. The monoisotopic (exact) mass is 162 g/mol. The first-order chi connectivity index (χ1) is 5.04. The standard InChI is InChI=1S/C6H10O5/c1-2-3(7)4(8)5(9)6(10)11-2/h2-4,7-10H,1H3/t2-,3-,4+/m1/s1. The zero-order valence-electron chi connectivity index (χ0n) is 5.93. The van der Waals surface area contributed by atoms with Gasteiger partial charge in [0.05, 0.1) is 0 Å². The predicted octanol–water partition coefficient (Wildman–Crippen LogP) is -0.588. The molecule has 1 aliphatic rings. The summed E-state index contributed by atoms with van der Waals surface area (Å²) in [6, 6.07) is 0. The van der Waals surface area contributed by atoms with Crippen LogP contribution in [0.15, 0.2) is 11.7 Å². The van der Waals surface area contributed by atoms with Crippen molar-refractivity contribution >= 4 is 0 Å². The van der Waals surface area contributed by atoms with E-state index < -0.39 is 30.0 Å². The molecule has 1 rings (SSSR count). The van der Waals surface area contributed by atoms with Gasteiger partial charge < -0.3 is 25.2 Å². The van der Waals surface area contributed by atoms with Gasteiger partial charge in [-0.3, -0.25) is 0 Å². The van der Waals surface area contributed by atoms with Crippen molar-refractivity contribution in [1.29, 1.82) is 0 Å². The summed E-state index contributed by atoms with van der Waals surface area (Å²) >= 11 is 0. The van der Waals surface area contributed by atoms with Gasteiger partial charge in [0.25, 0.3) is 0 Å². The van der Waals surface area contributed by atoms with Crippen molar-refractivity contribution in [1.82, 2.24) is 0 Å². The van der Waals surface area contributed by atoms with Crippen LogP contribution in [0.25, 0.3) is 0 Å². The van der Waals surface area contributed by atoms with Crippen LogP contribution in [-0.4, -0.2) is 38.7 Å². The summed E-state index contributed by atoms with van der Waals surface area (Å²) in [7, 11) is 0. The predicted molar refractivity (Wildman–Crippen MR) is 34.8 cm³/mol. The lowest BCUT2D eigenvalue weighted by atomic mass is 10.1. The first kappa shape index (κ1) is 8.16. The minimum atomic E-state index is -1.46. The first-order valence-corrected chi connectivity index (χ1v) is 3.19. The Labute approximate surface area is 63.2 Å². The Morgan fingerprint density at radius 3 is 2.36 bits per heavy atom. The molecule has 0 aromatic rings. The highest BCUT2D eigenvalue weighted by atomic mass is 16.6. The van der Waals surface area contributed by atoms with E-state index in [1.165, 1.54) is 6.92 Å². The number of ether oxygens (including phenoxy) is 1. The molecule has 0 spiro atoms. The quantitative estimate of drug-likeness (QED) is 0.382. The summed E-state index contributed by atoms with van der Waals surface area (Å²) in [6.45, 7) is 1.47. The second-order valence-electron chi connectivity index (χ2n) is 2.45. The van der Waals surface area contributed by atoms with Crippen molar-refractivity contribution in [3.05, 3.63) is 11.7 Å². The Morgan fingerprint density at radius 2 is 1.82 bits per heavy atom. The summed E-state index contributed by atoms with van der Waals surface area (Å²) in [5.74, 6) is -1.45. The maximum Gasteiger partial charge on any atom is 0.319 e.